The number of nitrogens with one attached hydrogen (secondary N) is 2. The molecule has 2 aromatic heterocycles. The summed E-state index contributed by atoms with van der Waals surface area (Å²) in [4.78, 5) is 40.8. The van der Waals surface area contributed by atoms with Gasteiger partial charge in [0, 0.05) is 11.6 Å². The summed E-state index contributed by atoms with van der Waals surface area (Å²) >= 11 is 6.39. The molecule has 2 N–H and O–H groups in total. The van der Waals surface area contributed by atoms with E-state index in [1.807, 2.05) is 6.07 Å². The van der Waals surface area contributed by atoms with Gasteiger partial charge in [-0.2, -0.15) is 0 Å². The van der Waals surface area contributed by atoms with Crippen LogP contribution in [0.4, 0.5) is 0 Å². The zero-order chi connectivity index (χ0) is 25.3. The van der Waals surface area contributed by atoms with Gasteiger partial charge in [-0.05, 0) is 41.5 Å². The quantitative estimate of drug-likeness (QED) is 0.333. The van der Waals surface area contributed by atoms with Crippen LogP contribution in [0.3, 0.4) is 0 Å². The molecule has 0 spiro atoms. The van der Waals surface area contributed by atoms with Crippen LogP contribution in [-0.4, -0.2) is 29.2 Å². The Morgan fingerprint density at radius 3 is 2.25 bits per heavy atom. The molecular weight excluding hydrogens is 482 g/mol. The number of amides is 3. The van der Waals surface area contributed by atoms with Crippen molar-refractivity contribution >= 4 is 29.3 Å². The van der Waals surface area contributed by atoms with Crippen LogP contribution in [0.5, 0.6) is 0 Å². The van der Waals surface area contributed by atoms with Crippen molar-refractivity contribution in [2.45, 2.75) is 19.1 Å². The fraction of sp³-hybridized carbons (Fsp3) is 0.148. The van der Waals surface area contributed by atoms with Gasteiger partial charge in [-0.3, -0.25) is 14.4 Å². The maximum atomic E-state index is 13.5. The standard InChI is InChI=1S/C27H24ClN3O5/c28-22-12-5-4-10-20(22)18-31(24(32)17-30-26(33)23-13-7-15-36-23)25(19-8-2-1-3-9-19)27(34)29-16-21-11-6-14-35-21/h1-15,25H,16-18H2,(H,29,34)(H,30,33). The monoisotopic (exact) mass is 505 g/mol. The highest BCUT2D eigenvalue weighted by Gasteiger charge is 2.32. The van der Waals surface area contributed by atoms with Crippen molar-refractivity contribution in [2.75, 3.05) is 6.54 Å². The first-order valence-electron chi connectivity index (χ1n) is 11.2. The second-order valence-electron chi connectivity index (χ2n) is 7.88. The molecule has 9 heteroatoms. The van der Waals surface area contributed by atoms with E-state index in [9.17, 15) is 14.4 Å². The summed E-state index contributed by atoms with van der Waals surface area (Å²) < 4.78 is 10.4. The van der Waals surface area contributed by atoms with Gasteiger partial charge in [0.25, 0.3) is 5.91 Å². The molecule has 4 rings (SSSR count). The lowest BCUT2D eigenvalue weighted by Crippen LogP contribution is -2.46. The first-order chi connectivity index (χ1) is 17.5. The van der Waals surface area contributed by atoms with E-state index in [2.05, 4.69) is 10.6 Å². The van der Waals surface area contributed by atoms with Crippen LogP contribution in [0.15, 0.2) is 100 Å². The van der Waals surface area contributed by atoms with Crippen LogP contribution >= 0.6 is 11.6 Å². The maximum absolute atomic E-state index is 13.5. The van der Waals surface area contributed by atoms with Crippen LogP contribution in [0.1, 0.15) is 33.5 Å². The smallest absolute Gasteiger partial charge is 0.287 e. The van der Waals surface area contributed by atoms with E-state index in [-0.39, 0.29) is 25.4 Å². The van der Waals surface area contributed by atoms with E-state index in [0.717, 1.165) is 0 Å². The molecule has 8 nitrogen and oxygen atoms in total. The number of carbonyl (C=O) groups excluding carboxylic acids is 3. The van der Waals surface area contributed by atoms with Crippen molar-refractivity contribution in [3.05, 3.63) is 119 Å². The van der Waals surface area contributed by atoms with E-state index in [0.29, 0.717) is 21.9 Å². The molecule has 2 aromatic carbocycles. The van der Waals surface area contributed by atoms with E-state index < -0.39 is 23.8 Å². The van der Waals surface area contributed by atoms with Gasteiger partial charge in [-0.25, -0.2) is 0 Å². The highest BCUT2D eigenvalue weighted by Crippen LogP contribution is 2.26. The third-order valence-corrected chi connectivity index (χ3v) is 5.83. The second kappa shape index (κ2) is 11.9. The molecule has 0 aliphatic carbocycles. The van der Waals surface area contributed by atoms with Crippen LogP contribution < -0.4 is 10.6 Å². The Hall–Kier alpha value is -4.30. The van der Waals surface area contributed by atoms with Crippen molar-refractivity contribution < 1.29 is 23.2 Å². The van der Waals surface area contributed by atoms with Crippen LogP contribution in [-0.2, 0) is 22.7 Å². The zero-order valence-electron chi connectivity index (χ0n) is 19.2. The molecule has 1 unspecified atom stereocenters. The fourth-order valence-corrected chi connectivity index (χ4v) is 3.87. The summed E-state index contributed by atoms with van der Waals surface area (Å²) in [5, 5.41) is 5.86. The number of carbonyl (C=O) groups is 3. The third-order valence-electron chi connectivity index (χ3n) is 5.46. The number of halogens is 1. The molecule has 36 heavy (non-hydrogen) atoms. The number of nitrogens with zero attached hydrogens (tertiary/aromatic N) is 1. The molecule has 0 saturated heterocycles. The van der Waals surface area contributed by atoms with Crippen molar-refractivity contribution in [1.82, 2.24) is 15.5 Å². The zero-order valence-corrected chi connectivity index (χ0v) is 20.0. The third kappa shape index (κ3) is 6.22. The Bertz CT molecular complexity index is 1290. The van der Waals surface area contributed by atoms with E-state index in [1.54, 1.807) is 66.7 Å². The molecule has 3 amide bonds. The molecule has 0 fully saturated rings. The number of hydrogen-bond acceptors (Lipinski definition) is 5. The lowest BCUT2D eigenvalue weighted by atomic mass is 10.0. The summed E-state index contributed by atoms with van der Waals surface area (Å²) in [7, 11) is 0. The number of rotatable bonds is 10. The summed E-state index contributed by atoms with van der Waals surface area (Å²) in [6.45, 7) is -0.153. The Kier molecular flexibility index (Phi) is 8.20. The highest BCUT2D eigenvalue weighted by atomic mass is 35.5. The maximum Gasteiger partial charge on any atom is 0.287 e. The van der Waals surface area contributed by atoms with Gasteiger partial charge in [0.2, 0.25) is 11.8 Å². The molecule has 0 aliphatic rings. The van der Waals surface area contributed by atoms with Gasteiger partial charge < -0.3 is 24.4 Å². The molecule has 184 valence electrons. The topological polar surface area (TPSA) is 105 Å². The largest absolute Gasteiger partial charge is 0.467 e. The summed E-state index contributed by atoms with van der Waals surface area (Å²) in [6, 6.07) is 21.6. The summed E-state index contributed by atoms with van der Waals surface area (Å²) in [5.41, 5.74) is 1.26. The second-order valence-corrected chi connectivity index (χ2v) is 8.29. The van der Waals surface area contributed by atoms with Crippen molar-refractivity contribution in [2.24, 2.45) is 0 Å². The summed E-state index contributed by atoms with van der Waals surface area (Å²) in [6.07, 6.45) is 2.89. The first-order valence-corrected chi connectivity index (χ1v) is 11.6. The molecular formula is C27H24ClN3O5. The predicted molar refractivity (Wildman–Crippen MR) is 133 cm³/mol. The van der Waals surface area contributed by atoms with Gasteiger partial charge in [0.1, 0.15) is 11.8 Å². The summed E-state index contributed by atoms with van der Waals surface area (Å²) in [5.74, 6) is -0.766. The lowest BCUT2D eigenvalue weighted by molar-refractivity contribution is -0.141. The predicted octanol–water partition coefficient (Wildman–Crippen LogP) is 4.34. The first kappa shape index (κ1) is 24.8. The lowest BCUT2D eigenvalue weighted by Gasteiger charge is -2.32. The molecule has 0 radical (unpaired) electrons. The van der Waals surface area contributed by atoms with Gasteiger partial charge >= 0.3 is 0 Å². The normalized spacial score (nSPS) is 11.5. The Morgan fingerprint density at radius 1 is 0.833 bits per heavy atom. The average molecular weight is 506 g/mol. The molecule has 0 bridgehead atoms. The van der Waals surface area contributed by atoms with Gasteiger partial charge in [0.15, 0.2) is 5.76 Å². The van der Waals surface area contributed by atoms with Crippen molar-refractivity contribution in [3.63, 3.8) is 0 Å². The molecule has 1 atom stereocenters. The van der Waals surface area contributed by atoms with Gasteiger partial charge in [-0.1, -0.05) is 60.1 Å². The number of hydrogen-bond donors (Lipinski definition) is 2. The van der Waals surface area contributed by atoms with Crippen molar-refractivity contribution in [1.29, 1.82) is 0 Å². The number of furan rings is 2. The molecule has 2 heterocycles. The Labute approximate surface area is 212 Å². The SMILES string of the molecule is O=C(NCC(=O)N(Cc1ccccc1Cl)C(C(=O)NCc1ccco1)c1ccccc1)c1ccco1. The van der Waals surface area contributed by atoms with E-state index >= 15 is 0 Å². The minimum atomic E-state index is -0.995. The van der Waals surface area contributed by atoms with Crippen LogP contribution in [0.25, 0.3) is 0 Å². The molecule has 0 aliphatic heterocycles. The highest BCUT2D eigenvalue weighted by molar-refractivity contribution is 6.31. The number of benzene rings is 2. The van der Waals surface area contributed by atoms with Gasteiger partial charge in [-0.15, -0.1) is 0 Å². The Morgan fingerprint density at radius 2 is 1.56 bits per heavy atom. The molecule has 0 saturated carbocycles. The minimum Gasteiger partial charge on any atom is -0.467 e. The van der Waals surface area contributed by atoms with Crippen molar-refractivity contribution in [3.8, 4) is 0 Å². The minimum absolute atomic E-state index is 0.0445. The Balaban J connectivity index is 1.62. The van der Waals surface area contributed by atoms with Crippen LogP contribution in [0, 0.1) is 0 Å². The fourth-order valence-electron chi connectivity index (χ4n) is 3.68. The van der Waals surface area contributed by atoms with E-state index in [4.69, 9.17) is 20.4 Å². The molecule has 4 aromatic rings. The average Bonchev–Trinajstić information content (AvgIpc) is 3.62. The van der Waals surface area contributed by atoms with Gasteiger partial charge in [0.05, 0.1) is 25.6 Å². The van der Waals surface area contributed by atoms with Crippen LogP contribution in [0.2, 0.25) is 5.02 Å². The van der Waals surface area contributed by atoms with E-state index in [1.165, 1.54) is 23.5 Å².